The molecule has 1 aromatic heterocycles. The van der Waals surface area contributed by atoms with Crippen LogP contribution >= 0.6 is 0 Å². The standard InChI is InChI=1S/C27H30N6O4S/c1-17-11-20(13-28)12-18(2)25(17)37-26-23-15-36-16-24(23)31-27(32-26)30-21-7-9-33(10-8-21)14-19-3-5-22(6-4-19)38(29,34)35/h3-6,11-12,21H,7-10,14-16H2,1-2H3,(H2,29,34,35)(H,30,31,32). The normalized spacial score (nSPS) is 16.2. The fourth-order valence-corrected chi connectivity index (χ4v) is 5.42. The number of nitriles is 1. The molecule has 0 spiro atoms. The highest BCUT2D eigenvalue weighted by molar-refractivity contribution is 7.89. The molecular formula is C27H30N6O4S. The van der Waals surface area contributed by atoms with Gasteiger partial charge in [-0.2, -0.15) is 10.2 Å². The van der Waals surface area contributed by atoms with Gasteiger partial charge in [0.25, 0.3) is 0 Å². The Morgan fingerprint density at radius 1 is 1.13 bits per heavy atom. The molecule has 3 N–H and O–H groups in total. The highest BCUT2D eigenvalue weighted by Crippen LogP contribution is 2.35. The number of piperidine rings is 1. The second-order valence-electron chi connectivity index (χ2n) is 9.81. The zero-order valence-corrected chi connectivity index (χ0v) is 22.2. The summed E-state index contributed by atoms with van der Waals surface area (Å²) in [6.07, 6.45) is 1.83. The number of primary sulfonamides is 1. The predicted octanol–water partition coefficient (Wildman–Crippen LogP) is 3.51. The summed E-state index contributed by atoms with van der Waals surface area (Å²) in [5.41, 5.74) is 5.05. The topological polar surface area (TPSA) is 143 Å². The Hall–Kier alpha value is -3.56. The number of rotatable bonds is 7. The van der Waals surface area contributed by atoms with Gasteiger partial charge in [0.2, 0.25) is 21.9 Å². The lowest BCUT2D eigenvalue weighted by Crippen LogP contribution is -2.39. The fraction of sp³-hybridized carbons (Fsp3) is 0.370. The molecule has 5 rings (SSSR count). The van der Waals surface area contributed by atoms with Crippen LogP contribution in [0.3, 0.4) is 0 Å². The van der Waals surface area contributed by atoms with Gasteiger partial charge in [0, 0.05) is 25.7 Å². The Kier molecular flexibility index (Phi) is 7.32. The molecule has 0 atom stereocenters. The van der Waals surface area contributed by atoms with E-state index in [-0.39, 0.29) is 10.9 Å². The highest BCUT2D eigenvalue weighted by Gasteiger charge is 2.25. The number of aryl methyl sites for hydroxylation is 2. The van der Waals surface area contributed by atoms with Gasteiger partial charge in [-0.1, -0.05) is 12.1 Å². The Bertz CT molecular complexity index is 1470. The number of anilines is 1. The van der Waals surface area contributed by atoms with Gasteiger partial charge in [-0.15, -0.1) is 0 Å². The summed E-state index contributed by atoms with van der Waals surface area (Å²) in [5, 5.41) is 17.9. The first-order valence-electron chi connectivity index (χ1n) is 12.5. The number of hydrogen-bond acceptors (Lipinski definition) is 9. The molecule has 3 heterocycles. The van der Waals surface area contributed by atoms with Gasteiger partial charge in [0.05, 0.1) is 41.0 Å². The van der Waals surface area contributed by atoms with Crippen LogP contribution in [0.4, 0.5) is 5.95 Å². The van der Waals surface area contributed by atoms with Crippen molar-refractivity contribution in [1.29, 1.82) is 5.26 Å². The molecule has 11 heteroatoms. The van der Waals surface area contributed by atoms with E-state index >= 15 is 0 Å². The average molecular weight is 535 g/mol. The zero-order valence-electron chi connectivity index (χ0n) is 21.4. The number of likely N-dealkylation sites (tertiary alicyclic amines) is 1. The second kappa shape index (κ2) is 10.7. The minimum atomic E-state index is -3.68. The zero-order chi connectivity index (χ0) is 26.9. The lowest BCUT2D eigenvalue weighted by molar-refractivity contribution is 0.132. The number of hydrogen-bond donors (Lipinski definition) is 2. The molecule has 0 saturated carbocycles. The van der Waals surface area contributed by atoms with E-state index < -0.39 is 10.0 Å². The summed E-state index contributed by atoms with van der Waals surface area (Å²) >= 11 is 0. The van der Waals surface area contributed by atoms with Crippen molar-refractivity contribution in [2.45, 2.75) is 57.4 Å². The smallest absolute Gasteiger partial charge is 0.238 e. The lowest BCUT2D eigenvalue weighted by atomic mass is 10.0. The van der Waals surface area contributed by atoms with Crippen LogP contribution < -0.4 is 15.2 Å². The quantitative estimate of drug-likeness (QED) is 0.465. The van der Waals surface area contributed by atoms with Gasteiger partial charge in [-0.05, 0) is 67.6 Å². The third-order valence-corrected chi connectivity index (χ3v) is 7.84. The van der Waals surface area contributed by atoms with Crippen molar-refractivity contribution in [3.05, 3.63) is 69.9 Å². The van der Waals surface area contributed by atoms with Crippen molar-refractivity contribution in [2.75, 3.05) is 18.4 Å². The van der Waals surface area contributed by atoms with E-state index in [2.05, 4.69) is 16.3 Å². The maximum Gasteiger partial charge on any atom is 0.238 e. The first kappa shape index (κ1) is 26.1. The van der Waals surface area contributed by atoms with Crippen LogP contribution in [-0.4, -0.2) is 42.4 Å². The Morgan fingerprint density at radius 3 is 2.45 bits per heavy atom. The molecule has 3 aromatic rings. The molecule has 10 nitrogen and oxygen atoms in total. The highest BCUT2D eigenvalue weighted by atomic mass is 32.2. The van der Waals surface area contributed by atoms with Gasteiger partial charge < -0.3 is 14.8 Å². The third-order valence-electron chi connectivity index (χ3n) is 6.91. The molecule has 1 saturated heterocycles. The number of nitrogens with two attached hydrogens (primary N) is 1. The van der Waals surface area contributed by atoms with E-state index in [1.165, 1.54) is 0 Å². The molecule has 0 unspecified atom stereocenters. The molecule has 0 radical (unpaired) electrons. The summed E-state index contributed by atoms with van der Waals surface area (Å²) in [4.78, 5) is 11.9. The van der Waals surface area contributed by atoms with Gasteiger partial charge in [0.1, 0.15) is 5.75 Å². The van der Waals surface area contributed by atoms with Crippen molar-refractivity contribution in [3.8, 4) is 17.7 Å². The first-order valence-corrected chi connectivity index (χ1v) is 14.0. The Balaban J connectivity index is 1.24. The summed E-state index contributed by atoms with van der Waals surface area (Å²) in [6, 6.07) is 12.7. The van der Waals surface area contributed by atoms with E-state index in [0.29, 0.717) is 36.4 Å². The van der Waals surface area contributed by atoms with Gasteiger partial charge >= 0.3 is 0 Å². The maximum absolute atomic E-state index is 11.5. The Morgan fingerprint density at radius 2 is 1.82 bits per heavy atom. The van der Waals surface area contributed by atoms with E-state index in [4.69, 9.17) is 24.6 Å². The van der Waals surface area contributed by atoms with Crippen LogP contribution in [0.5, 0.6) is 11.6 Å². The third kappa shape index (κ3) is 5.79. The number of aromatic nitrogens is 2. The van der Waals surface area contributed by atoms with E-state index in [9.17, 15) is 13.7 Å². The molecular weight excluding hydrogens is 504 g/mol. The van der Waals surface area contributed by atoms with Crippen LogP contribution in [0.25, 0.3) is 0 Å². The van der Waals surface area contributed by atoms with E-state index in [0.717, 1.165) is 60.4 Å². The van der Waals surface area contributed by atoms with Crippen molar-refractivity contribution in [2.24, 2.45) is 5.14 Å². The van der Waals surface area contributed by atoms with Crippen LogP contribution in [0.2, 0.25) is 0 Å². The van der Waals surface area contributed by atoms with Crippen molar-refractivity contribution in [1.82, 2.24) is 14.9 Å². The minimum absolute atomic E-state index is 0.122. The van der Waals surface area contributed by atoms with Crippen LogP contribution in [0.1, 0.15) is 46.4 Å². The van der Waals surface area contributed by atoms with Crippen LogP contribution in [0.15, 0.2) is 41.3 Å². The van der Waals surface area contributed by atoms with Crippen molar-refractivity contribution < 1.29 is 17.9 Å². The van der Waals surface area contributed by atoms with Crippen LogP contribution in [0, 0.1) is 25.2 Å². The molecule has 0 bridgehead atoms. The molecule has 0 aliphatic carbocycles. The van der Waals surface area contributed by atoms with Crippen molar-refractivity contribution >= 4 is 16.0 Å². The first-order chi connectivity index (χ1) is 18.2. The van der Waals surface area contributed by atoms with E-state index in [1.807, 2.05) is 38.1 Å². The number of nitrogens with one attached hydrogen (secondary N) is 1. The molecule has 2 aliphatic rings. The second-order valence-corrected chi connectivity index (χ2v) is 11.4. The summed E-state index contributed by atoms with van der Waals surface area (Å²) in [6.45, 7) is 7.16. The molecule has 1 fully saturated rings. The molecule has 198 valence electrons. The fourth-order valence-electron chi connectivity index (χ4n) is 4.90. The lowest BCUT2D eigenvalue weighted by Gasteiger charge is -2.32. The largest absolute Gasteiger partial charge is 0.438 e. The molecule has 2 aromatic carbocycles. The minimum Gasteiger partial charge on any atom is -0.438 e. The number of sulfonamides is 1. The van der Waals surface area contributed by atoms with Crippen molar-refractivity contribution in [3.63, 3.8) is 0 Å². The number of fused-ring (bicyclic) bond motifs is 1. The average Bonchev–Trinajstić information content (AvgIpc) is 3.36. The number of nitrogens with zero attached hydrogens (tertiary/aromatic N) is 4. The predicted molar refractivity (Wildman–Crippen MR) is 141 cm³/mol. The molecule has 0 amide bonds. The van der Waals surface area contributed by atoms with Gasteiger partial charge in [0.15, 0.2) is 0 Å². The van der Waals surface area contributed by atoms with Gasteiger partial charge in [-0.25, -0.2) is 18.5 Å². The van der Waals surface area contributed by atoms with Crippen LogP contribution in [-0.2, 0) is 34.5 Å². The summed E-state index contributed by atoms with van der Waals surface area (Å²) in [7, 11) is -3.68. The maximum atomic E-state index is 11.5. The molecule has 38 heavy (non-hydrogen) atoms. The number of benzene rings is 2. The number of ether oxygens (including phenoxy) is 2. The molecule has 2 aliphatic heterocycles. The monoisotopic (exact) mass is 534 g/mol. The Labute approximate surface area is 222 Å². The van der Waals surface area contributed by atoms with Gasteiger partial charge in [-0.3, -0.25) is 4.90 Å². The van der Waals surface area contributed by atoms with E-state index in [1.54, 1.807) is 12.1 Å². The summed E-state index contributed by atoms with van der Waals surface area (Å²) in [5.74, 6) is 1.68. The SMILES string of the molecule is Cc1cc(C#N)cc(C)c1Oc1nc(NC2CCN(Cc3ccc(S(N)(=O)=O)cc3)CC2)nc2c1COC2. The summed E-state index contributed by atoms with van der Waals surface area (Å²) < 4.78 is 34.9.